The number of nitro groups is 1. The molecule has 1 aromatic heterocycles. The van der Waals surface area contributed by atoms with Gasteiger partial charge >= 0.3 is 11.9 Å². The highest BCUT2D eigenvalue weighted by molar-refractivity contribution is 5.85. The van der Waals surface area contributed by atoms with Crippen molar-refractivity contribution in [2.24, 2.45) is 0 Å². The van der Waals surface area contributed by atoms with Crippen LogP contribution in [0.15, 0.2) is 63.8 Å². The molecule has 0 saturated heterocycles. The number of rotatable bonds is 2. The predicted molar refractivity (Wildman–Crippen MR) is 82.2 cm³/mol. The van der Waals surface area contributed by atoms with Crippen LogP contribution in [0.3, 0.4) is 0 Å². The van der Waals surface area contributed by atoms with Gasteiger partial charge in [-0.2, -0.15) is 0 Å². The molecule has 4 rings (SSSR count). The molecule has 0 spiro atoms. The second kappa shape index (κ2) is 4.95. The zero-order valence-electron chi connectivity index (χ0n) is 11.8. The van der Waals surface area contributed by atoms with Crippen molar-refractivity contribution in [2.45, 2.75) is 12.1 Å². The molecule has 3 aromatic rings. The maximum Gasteiger partial charge on any atom is 0.365 e. The Morgan fingerprint density at radius 2 is 1.70 bits per heavy atom. The highest BCUT2D eigenvalue weighted by atomic mass is 16.7. The fourth-order valence-corrected chi connectivity index (χ4v) is 3.02. The number of para-hydroxylation sites is 1. The number of fused-ring (bicyclic) bond motifs is 3. The van der Waals surface area contributed by atoms with Crippen molar-refractivity contribution in [1.29, 1.82) is 0 Å². The van der Waals surface area contributed by atoms with Crippen molar-refractivity contribution in [3.8, 4) is 5.75 Å². The summed E-state index contributed by atoms with van der Waals surface area (Å²) < 4.78 is 10.9. The Kier molecular flexibility index (Phi) is 2.90. The first kappa shape index (κ1) is 13.5. The Labute approximate surface area is 130 Å². The average Bonchev–Trinajstić information content (AvgIpc) is 2.97. The van der Waals surface area contributed by atoms with Gasteiger partial charge in [-0.3, -0.25) is 10.1 Å². The largest absolute Gasteiger partial charge is 0.428 e. The van der Waals surface area contributed by atoms with Gasteiger partial charge in [0.1, 0.15) is 17.3 Å². The lowest BCUT2D eigenvalue weighted by molar-refractivity contribution is -0.561. The summed E-state index contributed by atoms with van der Waals surface area (Å²) in [6, 6.07) is 15.7. The molecular formula is C17H11NO5. The maximum atomic E-state index is 12.4. The first-order chi connectivity index (χ1) is 11.2. The molecule has 0 saturated carbocycles. The smallest absolute Gasteiger partial charge is 0.365 e. The Balaban J connectivity index is 2.03. The molecule has 2 aromatic carbocycles. The molecule has 1 aliphatic heterocycles. The molecular weight excluding hydrogens is 298 g/mol. The van der Waals surface area contributed by atoms with E-state index in [9.17, 15) is 14.9 Å². The predicted octanol–water partition coefficient (Wildman–Crippen LogP) is 2.92. The van der Waals surface area contributed by atoms with E-state index >= 15 is 0 Å². The van der Waals surface area contributed by atoms with Gasteiger partial charge in [0.25, 0.3) is 0 Å². The van der Waals surface area contributed by atoms with Crippen molar-refractivity contribution < 1.29 is 14.1 Å². The van der Waals surface area contributed by atoms with Gasteiger partial charge in [0.2, 0.25) is 0 Å². The van der Waals surface area contributed by atoms with Crippen LogP contribution in [0.1, 0.15) is 17.0 Å². The highest BCUT2D eigenvalue weighted by Crippen LogP contribution is 2.44. The normalized spacial score (nSPS) is 19.3. The molecule has 2 atom stereocenters. The van der Waals surface area contributed by atoms with Crippen LogP contribution >= 0.6 is 0 Å². The number of benzene rings is 2. The first-order valence-electron chi connectivity index (χ1n) is 7.07. The first-order valence-corrected chi connectivity index (χ1v) is 7.07. The minimum Gasteiger partial charge on any atom is -0.428 e. The van der Waals surface area contributed by atoms with Crippen LogP contribution in [0.25, 0.3) is 11.0 Å². The topological polar surface area (TPSA) is 82.6 Å². The van der Waals surface area contributed by atoms with E-state index in [4.69, 9.17) is 9.15 Å². The molecule has 2 unspecified atom stereocenters. The van der Waals surface area contributed by atoms with Crippen LogP contribution in [0, 0.1) is 10.1 Å². The summed E-state index contributed by atoms with van der Waals surface area (Å²) in [6.07, 6.45) is -1.35. The van der Waals surface area contributed by atoms with Crippen LogP contribution in [0.2, 0.25) is 0 Å². The maximum absolute atomic E-state index is 12.4. The van der Waals surface area contributed by atoms with E-state index in [0.29, 0.717) is 16.5 Å². The van der Waals surface area contributed by atoms with Crippen molar-refractivity contribution in [3.05, 3.63) is 86.3 Å². The van der Waals surface area contributed by atoms with Gasteiger partial charge < -0.3 is 9.15 Å². The molecule has 1 aliphatic rings. The third-order valence-corrected chi connectivity index (χ3v) is 4.00. The molecule has 2 heterocycles. The number of hydrogen-bond acceptors (Lipinski definition) is 5. The summed E-state index contributed by atoms with van der Waals surface area (Å²) in [5, 5.41) is 12.0. The van der Waals surface area contributed by atoms with Crippen molar-refractivity contribution >= 4 is 11.0 Å². The molecule has 23 heavy (non-hydrogen) atoms. The SMILES string of the molecule is O=c1oc2ccccc2c2c1C(c1ccccc1)C([N+](=O)[O-])O2. The molecule has 0 radical (unpaired) electrons. The lowest BCUT2D eigenvalue weighted by atomic mass is 9.92. The Morgan fingerprint density at radius 1 is 1.00 bits per heavy atom. The van der Waals surface area contributed by atoms with E-state index in [1.807, 2.05) is 6.07 Å². The van der Waals surface area contributed by atoms with E-state index in [1.54, 1.807) is 48.5 Å². The van der Waals surface area contributed by atoms with Crippen LogP contribution in [-0.4, -0.2) is 11.2 Å². The molecule has 0 N–H and O–H groups in total. The van der Waals surface area contributed by atoms with Crippen LogP contribution < -0.4 is 10.4 Å². The molecule has 0 bridgehead atoms. The standard InChI is InChI=1S/C17H11NO5/c19-17-14-13(10-6-2-1-3-7-10)16(18(20)21)23-15(14)11-8-4-5-9-12(11)22-17/h1-9,13,16H. The van der Waals surface area contributed by atoms with Gasteiger partial charge in [0.05, 0.1) is 15.9 Å². The summed E-state index contributed by atoms with van der Waals surface area (Å²) in [7, 11) is 0. The van der Waals surface area contributed by atoms with Gasteiger partial charge in [0, 0.05) is 0 Å². The fourth-order valence-electron chi connectivity index (χ4n) is 3.02. The quantitative estimate of drug-likeness (QED) is 0.413. The van der Waals surface area contributed by atoms with E-state index in [-0.39, 0.29) is 11.3 Å². The zero-order valence-corrected chi connectivity index (χ0v) is 11.8. The summed E-state index contributed by atoms with van der Waals surface area (Å²) >= 11 is 0. The average molecular weight is 309 g/mol. The summed E-state index contributed by atoms with van der Waals surface area (Å²) in [5.74, 6) is -0.547. The number of ether oxygens (including phenoxy) is 1. The highest BCUT2D eigenvalue weighted by Gasteiger charge is 2.47. The zero-order chi connectivity index (χ0) is 16.0. The molecule has 0 aliphatic carbocycles. The monoisotopic (exact) mass is 309 g/mol. The summed E-state index contributed by atoms with van der Waals surface area (Å²) in [5.41, 5.74) is 0.607. The number of nitrogens with zero attached hydrogens (tertiary/aromatic N) is 1. The fraction of sp³-hybridized carbons (Fsp3) is 0.118. The van der Waals surface area contributed by atoms with Crippen molar-refractivity contribution in [2.75, 3.05) is 0 Å². The van der Waals surface area contributed by atoms with E-state index in [2.05, 4.69) is 0 Å². The summed E-state index contributed by atoms with van der Waals surface area (Å²) in [6.45, 7) is 0. The second-order valence-electron chi connectivity index (χ2n) is 5.31. The minimum absolute atomic E-state index is 0.205. The van der Waals surface area contributed by atoms with Gasteiger partial charge in [-0.25, -0.2) is 4.79 Å². The van der Waals surface area contributed by atoms with Crippen LogP contribution in [0.4, 0.5) is 0 Å². The molecule has 0 amide bonds. The Hall–Kier alpha value is -3.15. The van der Waals surface area contributed by atoms with Gasteiger partial charge in [0.15, 0.2) is 0 Å². The Morgan fingerprint density at radius 3 is 2.43 bits per heavy atom. The number of hydrogen-bond donors (Lipinski definition) is 0. The third-order valence-electron chi connectivity index (χ3n) is 4.00. The second-order valence-corrected chi connectivity index (χ2v) is 5.31. The summed E-state index contributed by atoms with van der Waals surface area (Å²) in [4.78, 5) is 23.3. The van der Waals surface area contributed by atoms with Crippen molar-refractivity contribution in [1.82, 2.24) is 0 Å². The molecule has 6 heteroatoms. The van der Waals surface area contributed by atoms with E-state index < -0.39 is 22.7 Å². The van der Waals surface area contributed by atoms with Crippen LogP contribution in [0.5, 0.6) is 5.75 Å². The molecule has 114 valence electrons. The van der Waals surface area contributed by atoms with Gasteiger partial charge in [-0.1, -0.05) is 42.5 Å². The van der Waals surface area contributed by atoms with Crippen LogP contribution in [-0.2, 0) is 0 Å². The molecule has 0 fully saturated rings. The minimum atomic E-state index is -1.35. The Bertz CT molecular complexity index is 964. The lowest BCUT2D eigenvalue weighted by Gasteiger charge is -2.11. The van der Waals surface area contributed by atoms with Crippen molar-refractivity contribution in [3.63, 3.8) is 0 Å². The third kappa shape index (κ3) is 1.99. The van der Waals surface area contributed by atoms with Gasteiger partial charge in [-0.15, -0.1) is 0 Å². The molecule has 6 nitrogen and oxygen atoms in total. The van der Waals surface area contributed by atoms with Gasteiger partial charge in [-0.05, 0) is 17.7 Å². The van der Waals surface area contributed by atoms with E-state index in [1.165, 1.54) is 0 Å². The van der Waals surface area contributed by atoms with E-state index in [0.717, 1.165) is 0 Å². The lowest BCUT2D eigenvalue weighted by Crippen LogP contribution is -2.29.